The van der Waals surface area contributed by atoms with Gasteiger partial charge in [0.25, 0.3) is 0 Å². The van der Waals surface area contributed by atoms with Crippen LogP contribution >= 0.6 is 0 Å². The lowest BCUT2D eigenvalue weighted by molar-refractivity contribution is 0.846. The summed E-state index contributed by atoms with van der Waals surface area (Å²) in [4.78, 5) is 4.72. The third-order valence-corrected chi connectivity index (χ3v) is 4.56. The molecule has 0 saturated carbocycles. The fraction of sp³-hybridized carbons (Fsp3) is 0.500. The fourth-order valence-electron chi connectivity index (χ4n) is 3.54. The molecule has 1 nitrogen and oxygen atoms in total. The number of fused-ring (bicyclic) bond motifs is 1. The SMILES string of the molecule is Cc1nc(C)c2c(C)c(C)c(C(C)C)c(C)c2c1C. The highest BCUT2D eigenvalue weighted by atomic mass is 14.7. The van der Waals surface area contributed by atoms with Crippen LogP contribution < -0.4 is 0 Å². The first kappa shape index (κ1) is 14.0. The zero-order valence-corrected chi connectivity index (χ0v) is 13.5. The van der Waals surface area contributed by atoms with Crippen LogP contribution in [0, 0.1) is 41.5 Å². The lowest BCUT2D eigenvalue weighted by atomic mass is 9.84. The molecule has 1 heteroatoms. The molecule has 0 fully saturated rings. The smallest absolute Gasteiger partial charge is 0.0457 e. The van der Waals surface area contributed by atoms with Crippen molar-refractivity contribution in [3.05, 3.63) is 39.2 Å². The van der Waals surface area contributed by atoms with Crippen LogP contribution in [0.2, 0.25) is 0 Å². The maximum atomic E-state index is 4.72. The van der Waals surface area contributed by atoms with Crippen LogP contribution in [0.5, 0.6) is 0 Å². The summed E-state index contributed by atoms with van der Waals surface area (Å²) >= 11 is 0. The van der Waals surface area contributed by atoms with Gasteiger partial charge in [-0.15, -0.1) is 0 Å². The van der Waals surface area contributed by atoms with Gasteiger partial charge in [0.05, 0.1) is 0 Å². The minimum absolute atomic E-state index is 0.566. The second-order valence-corrected chi connectivity index (χ2v) is 6.10. The van der Waals surface area contributed by atoms with Crippen LogP contribution in [-0.2, 0) is 0 Å². The Kier molecular flexibility index (Phi) is 3.42. The van der Waals surface area contributed by atoms with Gasteiger partial charge in [0.2, 0.25) is 0 Å². The number of aryl methyl sites for hydroxylation is 5. The molecular weight excluding hydrogens is 230 g/mol. The number of rotatable bonds is 1. The fourth-order valence-corrected chi connectivity index (χ4v) is 3.54. The summed E-state index contributed by atoms with van der Waals surface area (Å²) in [5, 5.41) is 2.79. The van der Waals surface area contributed by atoms with Gasteiger partial charge in [-0.25, -0.2) is 0 Å². The van der Waals surface area contributed by atoms with Gasteiger partial charge in [0.15, 0.2) is 0 Å². The van der Waals surface area contributed by atoms with Gasteiger partial charge >= 0.3 is 0 Å². The van der Waals surface area contributed by atoms with E-state index < -0.39 is 0 Å². The predicted octanol–water partition coefficient (Wildman–Crippen LogP) is 5.21. The number of pyridine rings is 1. The van der Waals surface area contributed by atoms with Crippen molar-refractivity contribution in [2.24, 2.45) is 0 Å². The van der Waals surface area contributed by atoms with Crippen LogP contribution in [0.25, 0.3) is 10.8 Å². The van der Waals surface area contributed by atoms with Crippen molar-refractivity contribution in [2.45, 2.75) is 61.3 Å². The van der Waals surface area contributed by atoms with Crippen LogP contribution in [-0.4, -0.2) is 4.98 Å². The summed E-state index contributed by atoms with van der Waals surface area (Å²) in [5.41, 5.74) is 9.45. The summed E-state index contributed by atoms with van der Waals surface area (Å²) < 4.78 is 0. The lowest BCUT2D eigenvalue weighted by Crippen LogP contribution is -2.05. The molecule has 1 aromatic carbocycles. The van der Waals surface area contributed by atoms with E-state index in [0.29, 0.717) is 5.92 Å². The molecule has 102 valence electrons. The largest absolute Gasteiger partial charge is 0.258 e. The molecule has 0 aliphatic carbocycles. The Labute approximate surface area is 117 Å². The van der Waals surface area contributed by atoms with Crippen LogP contribution in [0.1, 0.15) is 59.0 Å². The molecule has 0 bridgehead atoms. The minimum Gasteiger partial charge on any atom is -0.258 e. The normalized spacial score (nSPS) is 11.6. The van der Waals surface area contributed by atoms with Crippen LogP contribution in [0.3, 0.4) is 0 Å². The molecule has 2 aromatic rings. The molecule has 1 aromatic heterocycles. The van der Waals surface area contributed by atoms with Gasteiger partial charge in [-0.2, -0.15) is 0 Å². The van der Waals surface area contributed by atoms with E-state index in [1.807, 2.05) is 0 Å². The van der Waals surface area contributed by atoms with Crippen molar-refractivity contribution in [3.63, 3.8) is 0 Å². The molecule has 0 N–H and O–H groups in total. The summed E-state index contributed by atoms with van der Waals surface area (Å²) in [5.74, 6) is 0.566. The maximum Gasteiger partial charge on any atom is 0.0457 e. The molecule has 0 radical (unpaired) electrons. The monoisotopic (exact) mass is 255 g/mol. The molecule has 0 amide bonds. The molecule has 0 unspecified atom stereocenters. The number of benzene rings is 1. The molecule has 0 aliphatic rings. The van der Waals surface area contributed by atoms with Gasteiger partial charge in [-0.1, -0.05) is 13.8 Å². The standard InChI is InChI=1S/C18H25N/c1-9(2)16-10(3)11(4)18-15(8)19-14(7)12(5)17(18)13(16)6/h9H,1-8H3. The Morgan fingerprint density at radius 1 is 0.632 bits per heavy atom. The quantitative estimate of drug-likeness (QED) is 0.681. The number of hydrogen-bond acceptors (Lipinski definition) is 1. The van der Waals surface area contributed by atoms with Gasteiger partial charge in [-0.05, 0) is 80.7 Å². The van der Waals surface area contributed by atoms with Crippen molar-refractivity contribution in [1.82, 2.24) is 4.98 Å². The Hall–Kier alpha value is -1.37. The maximum absolute atomic E-state index is 4.72. The highest BCUT2D eigenvalue weighted by Gasteiger charge is 2.18. The third kappa shape index (κ3) is 1.96. The third-order valence-electron chi connectivity index (χ3n) is 4.56. The first-order valence-corrected chi connectivity index (χ1v) is 7.14. The molecule has 0 atom stereocenters. The molecule has 2 rings (SSSR count). The average Bonchev–Trinajstić information content (AvgIpc) is 2.30. The Bertz CT molecular complexity index is 664. The van der Waals surface area contributed by atoms with E-state index in [4.69, 9.17) is 4.98 Å². The molecule has 0 saturated heterocycles. The second kappa shape index (κ2) is 4.63. The Morgan fingerprint density at radius 2 is 1.21 bits per heavy atom. The van der Waals surface area contributed by atoms with E-state index >= 15 is 0 Å². The highest BCUT2D eigenvalue weighted by Crippen LogP contribution is 2.36. The van der Waals surface area contributed by atoms with Gasteiger partial charge < -0.3 is 0 Å². The van der Waals surface area contributed by atoms with Crippen molar-refractivity contribution in [1.29, 1.82) is 0 Å². The molecule has 19 heavy (non-hydrogen) atoms. The summed E-state index contributed by atoms with van der Waals surface area (Å²) in [6.45, 7) is 17.8. The van der Waals surface area contributed by atoms with E-state index in [1.54, 1.807) is 0 Å². The van der Waals surface area contributed by atoms with Crippen molar-refractivity contribution in [3.8, 4) is 0 Å². The minimum atomic E-state index is 0.566. The van der Waals surface area contributed by atoms with E-state index in [9.17, 15) is 0 Å². The average molecular weight is 255 g/mol. The molecule has 1 heterocycles. The number of nitrogens with zero attached hydrogens (tertiary/aromatic N) is 1. The van der Waals surface area contributed by atoms with E-state index in [-0.39, 0.29) is 0 Å². The summed E-state index contributed by atoms with van der Waals surface area (Å²) in [6, 6.07) is 0. The lowest BCUT2D eigenvalue weighted by Gasteiger charge is -2.22. The van der Waals surface area contributed by atoms with Crippen molar-refractivity contribution in [2.75, 3.05) is 0 Å². The number of hydrogen-bond donors (Lipinski definition) is 0. The Balaban J connectivity index is 3.12. The van der Waals surface area contributed by atoms with Crippen LogP contribution in [0.4, 0.5) is 0 Å². The van der Waals surface area contributed by atoms with Crippen molar-refractivity contribution >= 4 is 10.8 Å². The zero-order chi connectivity index (χ0) is 14.5. The molecular formula is C18H25N. The van der Waals surface area contributed by atoms with Gasteiger partial charge in [0, 0.05) is 16.8 Å². The van der Waals surface area contributed by atoms with E-state index in [0.717, 1.165) is 11.4 Å². The summed E-state index contributed by atoms with van der Waals surface area (Å²) in [7, 11) is 0. The number of aromatic nitrogens is 1. The van der Waals surface area contributed by atoms with Gasteiger partial charge in [0.1, 0.15) is 0 Å². The first-order chi connectivity index (χ1) is 8.77. The van der Waals surface area contributed by atoms with E-state index in [2.05, 4.69) is 55.4 Å². The first-order valence-electron chi connectivity index (χ1n) is 7.14. The Morgan fingerprint density at radius 3 is 1.74 bits per heavy atom. The molecule has 0 aliphatic heterocycles. The summed E-state index contributed by atoms with van der Waals surface area (Å²) in [6.07, 6.45) is 0. The topological polar surface area (TPSA) is 12.9 Å². The van der Waals surface area contributed by atoms with E-state index in [1.165, 1.54) is 38.6 Å². The second-order valence-electron chi connectivity index (χ2n) is 6.10. The molecule has 0 spiro atoms. The predicted molar refractivity (Wildman–Crippen MR) is 84.3 cm³/mol. The van der Waals surface area contributed by atoms with Crippen molar-refractivity contribution < 1.29 is 0 Å². The van der Waals surface area contributed by atoms with Gasteiger partial charge in [-0.3, -0.25) is 4.98 Å². The highest BCUT2D eigenvalue weighted by molar-refractivity contribution is 5.95. The van der Waals surface area contributed by atoms with Crippen LogP contribution in [0.15, 0.2) is 0 Å². The zero-order valence-electron chi connectivity index (χ0n) is 13.5.